The summed E-state index contributed by atoms with van der Waals surface area (Å²) < 4.78 is 3.78. The van der Waals surface area contributed by atoms with Gasteiger partial charge in [0.1, 0.15) is 12.7 Å². The van der Waals surface area contributed by atoms with Gasteiger partial charge in [0.25, 0.3) is 0 Å². The van der Waals surface area contributed by atoms with Crippen molar-refractivity contribution in [3.63, 3.8) is 0 Å². The molecule has 1 unspecified atom stereocenters. The minimum Gasteiger partial charge on any atom is -0.349 e. The van der Waals surface area contributed by atoms with E-state index in [4.69, 9.17) is 0 Å². The minimum atomic E-state index is -0.305. The smallest absolute Gasteiger partial charge is 0.228 e. The Morgan fingerprint density at radius 1 is 1.19 bits per heavy atom. The molecule has 1 atom stereocenters. The molecular weight excluding hydrogens is 328 g/mol. The first-order chi connectivity index (χ1) is 12.8. The van der Waals surface area contributed by atoms with Crippen LogP contribution in [0.25, 0.3) is 0 Å². The molecule has 7 heteroatoms. The zero-order valence-corrected chi connectivity index (χ0v) is 14.5. The predicted octanol–water partition coefficient (Wildman–Crippen LogP) is 2.20. The van der Waals surface area contributed by atoms with Gasteiger partial charge in [0.15, 0.2) is 0 Å². The average molecular weight is 350 g/mol. The molecule has 2 aromatic heterocycles. The van der Waals surface area contributed by atoms with Crippen LogP contribution < -0.4 is 5.32 Å². The Morgan fingerprint density at radius 3 is 2.69 bits per heavy atom. The second-order valence-electron chi connectivity index (χ2n) is 6.90. The van der Waals surface area contributed by atoms with Crippen molar-refractivity contribution >= 4 is 5.91 Å². The number of benzene rings is 1. The van der Waals surface area contributed by atoms with Crippen molar-refractivity contribution in [2.75, 3.05) is 0 Å². The first kappa shape index (κ1) is 16.5. The quantitative estimate of drug-likeness (QED) is 0.676. The summed E-state index contributed by atoms with van der Waals surface area (Å²) in [5, 5.41) is 7.43. The molecule has 3 aromatic rings. The van der Waals surface area contributed by atoms with Gasteiger partial charge in [0.2, 0.25) is 5.91 Å². The van der Waals surface area contributed by atoms with Crippen LogP contribution in [0.1, 0.15) is 30.9 Å². The predicted molar refractivity (Wildman–Crippen MR) is 95.9 cm³/mol. The van der Waals surface area contributed by atoms with Crippen LogP contribution in [0, 0.1) is 5.41 Å². The summed E-state index contributed by atoms with van der Waals surface area (Å²) in [4.78, 5) is 21.1. The molecular formula is C19H22N6O. The zero-order valence-electron chi connectivity index (χ0n) is 14.5. The molecule has 26 heavy (non-hydrogen) atoms. The molecule has 0 saturated heterocycles. The summed E-state index contributed by atoms with van der Waals surface area (Å²) in [5.74, 6) is 0.124. The number of hydrogen-bond acceptors (Lipinski definition) is 4. The van der Waals surface area contributed by atoms with Crippen LogP contribution in [-0.2, 0) is 17.9 Å². The van der Waals surface area contributed by atoms with Crippen molar-refractivity contribution in [3.05, 3.63) is 67.3 Å². The molecule has 134 valence electrons. The van der Waals surface area contributed by atoms with Crippen molar-refractivity contribution in [2.24, 2.45) is 5.41 Å². The van der Waals surface area contributed by atoms with E-state index in [2.05, 4.69) is 32.5 Å². The Bertz CT molecular complexity index is 824. The van der Waals surface area contributed by atoms with Crippen LogP contribution >= 0.6 is 0 Å². The molecule has 1 N–H and O–H groups in total. The van der Waals surface area contributed by atoms with Crippen molar-refractivity contribution in [2.45, 2.75) is 38.4 Å². The van der Waals surface area contributed by atoms with Gasteiger partial charge in [0, 0.05) is 25.5 Å². The van der Waals surface area contributed by atoms with Crippen LogP contribution in [0.2, 0.25) is 0 Å². The number of nitrogens with zero attached hydrogens (tertiary/aromatic N) is 5. The molecule has 1 aromatic carbocycles. The monoisotopic (exact) mass is 350 g/mol. The van der Waals surface area contributed by atoms with Crippen LogP contribution in [0.5, 0.6) is 0 Å². The van der Waals surface area contributed by atoms with Gasteiger partial charge in [-0.15, -0.1) is 0 Å². The maximum atomic E-state index is 13.0. The third kappa shape index (κ3) is 3.66. The summed E-state index contributed by atoms with van der Waals surface area (Å²) in [6.45, 7) is 1.39. The van der Waals surface area contributed by atoms with Crippen LogP contribution in [0.4, 0.5) is 0 Å². The van der Waals surface area contributed by atoms with E-state index in [0.717, 1.165) is 24.8 Å². The fourth-order valence-corrected chi connectivity index (χ4v) is 3.27. The molecule has 0 aliphatic heterocycles. The Kier molecular flexibility index (Phi) is 4.51. The lowest BCUT2D eigenvalue weighted by molar-refractivity contribution is -0.127. The molecule has 1 saturated carbocycles. The number of carbonyl (C=O) groups excluding carboxylic acids is 1. The Balaban J connectivity index is 1.46. The molecule has 1 aliphatic carbocycles. The number of carbonyl (C=O) groups is 1. The number of aromatic nitrogens is 5. The van der Waals surface area contributed by atoms with Crippen molar-refractivity contribution in [1.29, 1.82) is 0 Å². The molecule has 7 nitrogen and oxygen atoms in total. The number of amides is 1. The number of aryl methyl sites for hydroxylation is 1. The maximum Gasteiger partial charge on any atom is 0.228 e. The van der Waals surface area contributed by atoms with Gasteiger partial charge in [-0.2, -0.15) is 5.10 Å². The largest absolute Gasteiger partial charge is 0.349 e. The van der Waals surface area contributed by atoms with E-state index in [0.29, 0.717) is 13.1 Å². The van der Waals surface area contributed by atoms with Crippen LogP contribution in [0.3, 0.4) is 0 Å². The lowest BCUT2D eigenvalue weighted by Crippen LogP contribution is -2.37. The van der Waals surface area contributed by atoms with Gasteiger partial charge in [-0.1, -0.05) is 30.3 Å². The van der Waals surface area contributed by atoms with Gasteiger partial charge >= 0.3 is 0 Å². The van der Waals surface area contributed by atoms with E-state index < -0.39 is 0 Å². The zero-order chi connectivity index (χ0) is 17.8. The molecule has 0 bridgehead atoms. The second-order valence-corrected chi connectivity index (χ2v) is 6.90. The van der Waals surface area contributed by atoms with E-state index in [1.165, 1.54) is 6.33 Å². The van der Waals surface area contributed by atoms with E-state index >= 15 is 0 Å². The minimum absolute atomic E-state index is 0.0480. The lowest BCUT2D eigenvalue weighted by atomic mass is 10.0. The first-order valence-electron chi connectivity index (χ1n) is 8.89. The Labute approximate surface area is 152 Å². The molecule has 1 aliphatic rings. The summed E-state index contributed by atoms with van der Waals surface area (Å²) >= 11 is 0. The van der Waals surface area contributed by atoms with Crippen molar-refractivity contribution < 1.29 is 4.79 Å². The molecule has 4 rings (SSSR count). The summed E-state index contributed by atoms with van der Waals surface area (Å²) in [7, 11) is 0. The number of rotatable bonds is 8. The molecule has 2 heterocycles. The third-order valence-corrected chi connectivity index (χ3v) is 5.00. The van der Waals surface area contributed by atoms with Crippen molar-refractivity contribution in [1.82, 2.24) is 29.6 Å². The highest BCUT2D eigenvalue weighted by Crippen LogP contribution is 2.47. The molecule has 0 radical (unpaired) electrons. The highest BCUT2D eigenvalue weighted by Gasteiger charge is 2.50. The second kappa shape index (κ2) is 7.11. The topological polar surface area (TPSA) is 77.6 Å². The lowest BCUT2D eigenvalue weighted by Gasteiger charge is -2.23. The summed E-state index contributed by atoms with van der Waals surface area (Å²) in [5.41, 5.74) is 0.806. The molecule has 1 amide bonds. The van der Waals surface area contributed by atoms with E-state index in [1.54, 1.807) is 23.5 Å². The number of imidazole rings is 1. The summed E-state index contributed by atoms with van der Waals surface area (Å²) in [6, 6.07) is 10.1. The van der Waals surface area contributed by atoms with Gasteiger partial charge in [-0.25, -0.2) is 9.97 Å². The number of hydrogen-bond donors (Lipinski definition) is 1. The van der Waals surface area contributed by atoms with Crippen LogP contribution in [0.15, 0.2) is 61.7 Å². The molecule has 0 spiro atoms. The normalized spacial score (nSPS) is 16.2. The van der Waals surface area contributed by atoms with E-state index in [9.17, 15) is 4.79 Å². The highest BCUT2D eigenvalue weighted by molar-refractivity contribution is 5.85. The Hall–Kier alpha value is -2.96. The van der Waals surface area contributed by atoms with E-state index in [-0.39, 0.29) is 17.4 Å². The Morgan fingerprint density at radius 2 is 2.04 bits per heavy atom. The van der Waals surface area contributed by atoms with Gasteiger partial charge < -0.3 is 9.88 Å². The highest BCUT2D eigenvalue weighted by atomic mass is 16.2. The molecule has 1 fully saturated rings. The first-order valence-corrected chi connectivity index (χ1v) is 8.89. The van der Waals surface area contributed by atoms with Gasteiger partial charge in [-0.05, 0) is 24.8 Å². The average Bonchev–Trinajstić information content (AvgIpc) is 3.05. The SMILES string of the molecule is O=C(NC(CCn1cncn1)c1ccccc1)C1(Cn2ccnc2)CC1. The third-order valence-electron chi connectivity index (χ3n) is 5.00. The maximum absolute atomic E-state index is 13.0. The number of nitrogens with one attached hydrogen (secondary N) is 1. The van der Waals surface area contributed by atoms with Crippen LogP contribution in [-0.4, -0.2) is 30.2 Å². The van der Waals surface area contributed by atoms with Gasteiger partial charge in [0.05, 0.1) is 17.8 Å². The van der Waals surface area contributed by atoms with E-state index in [1.807, 2.05) is 29.0 Å². The fraction of sp³-hybridized carbons (Fsp3) is 0.368. The van der Waals surface area contributed by atoms with Gasteiger partial charge in [-0.3, -0.25) is 9.48 Å². The standard InChI is InChI=1S/C19H22N6O/c26-18(19(7-8-19)12-24-11-9-20-14-24)23-17(16-4-2-1-3-5-16)6-10-25-15-21-13-22-25/h1-5,9,11,13-15,17H,6-8,10,12H2,(H,23,26). The summed E-state index contributed by atoms with van der Waals surface area (Å²) in [6.07, 6.45) is 11.3. The van der Waals surface area contributed by atoms with Crippen molar-refractivity contribution in [3.8, 4) is 0 Å². The fourth-order valence-electron chi connectivity index (χ4n) is 3.27.